The number of aromatic nitrogens is 1. The molecule has 0 saturated carbocycles. The summed E-state index contributed by atoms with van der Waals surface area (Å²) in [5.74, 6) is -0.193. The SMILES string of the molecule is CCNC(CCc1cccnc1)Cc1cc(F)cc(Br)c1. The van der Waals surface area contributed by atoms with Crippen molar-refractivity contribution >= 4 is 15.9 Å². The van der Waals surface area contributed by atoms with Gasteiger partial charge in [-0.05, 0) is 61.2 Å². The fourth-order valence-corrected chi connectivity index (χ4v) is 2.98. The van der Waals surface area contributed by atoms with Crippen LogP contribution in [0.2, 0.25) is 0 Å². The van der Waals surface area contributed by atoms with Gasteiger partial charge in [0.25, 0.3) is 0 Å². The Morgan fingerprint density at radius 1 is 1.29 bits per heavy atom. The second-order valence-electron chi connectivity index (χ2n) is 5.14. The van der Waals surface area contributed by atoms with Crippen LogP contribution in [0.4, 0.5) is 4.39 Å². The smallest absolute Gasteiger partial charge is 0.124 e. The molecule has 1 N–H and O–H groups in total. The van der Waals surface area contributed by atoms with Crippen molar-refractivity contribution in [3.05, 3.63) is 64.1 Å². The van der Waals surface area contributed by atoms with Crippen molar-refractivity contribution < 1.29 is 4.39 Å². The van der Waals surface area contributed by atoms with Gasteiger partial charge in [0, 0.05) is 22.9 Å². The van der Waals surface area contributed by atoms with E-state index in [-0.39, 0.29) is 5.82 Å². The van der Waals surface area contributed by atoms with Gasteiger partial charge in [-0.15, -0.1) is 0 Å². The zero-order valence-corrected chi connectivity index (χ0v) is 13.7. The minimum Gasteiger partial charge on any atom is -0.314 e. The number of nitrogens with one attached hydrogen (secondary N) is 1. The van der Waals surface area contributed by atoms with E-state index in [9.17, 15) is 4.39 Å². The van der Waals surface area contributed by atoms with Crippen molar-refractivity contribution in [1.82, 2.24) is 10.3 Å². The molecule has 0 amide bonds. The van der Waals surface area contributed by atoms with Gasteiger partial charge in [0.2, 0.25) is 0 Å². The highest BCUT2D eigenvalue weighted by molar-refractivity contribution is 9.10. The zero-order valence-electron chi connectivity index (χ0n) is 12.2. The Morgan fingerprint density at radius 2 is 2.14 bits per heavy atom. The highest BCUT2D eigenvalue weighted by Crippen LogP contribution is 2.17. The van der Waals surface area contributed by atoms with E-state index < -0.39 is 0 Å². The molecule has 0 aliphatic heterocycles. The van der Waals surface area contributed by atoms with Crippen molar-refractivity contribution in [3.63, 3.8) is 0 Å². The molecule has 0 fully saturated rings. The number of pyridine rings is 1. The van der Waals surface area contributed by atoms with E-state index in [0.29, 0.717) is 6.04 Å². The molecule has 112 valence electrons. The Morgan fingerprint density at radius 3 is 2.81 bits per heavy atom. The molecule has 0 radical (unpaired) electrons. The van der Waals surface area contributed by atoms with Gasteiger partial charge in [0.05, 0.1) is 0 Å². The van der Waals surface area contributed by atoms with E-state index in [1.54, 1.807) is 12.3 Å². The van der Waals surface area contributed by atoms with Crippen LogP contribution in [0.25, 0.3) is 0 Å². The molecule has 0 spiro atoms. The first-order chi connectivity index (χ1) is 10.2. The fraction of sp³-hybridized carbons (Fsp3) is 0.353. The predicted molar refractivity (Wildman–Crippen MR) is 87.8 cm³/mol. The lowest BCUT2D eigenvalue weighted by Crippen LogP contribution is -2.31. The number of halogens is 2. The van der Waals surface area contributed by atoms with Crippen LogP contribution in [-0.2, 0) is 12.8 Å². The molecule has 0 saturated heterocycles. The quantitative estimate of drug-likeness (QED) is 0.811. The molecule has 4 heteroatoms. The normalized spacial score (nSPS) is 12.3. The highest BCUT2D eigenvalue weighted by atomic mass is 79.9. The van der Waals surface area contributed by atoms with Gasteiger partial charge in [0.1, 0.15) is 5.82 Å². The Labute approximate surface area is 133 Å². The summed E-state index contributed by atoms with van der Waals surface area (Å²) in [5.41, 5.74) is 2.25. The lowest BCUT2D eigenvalue weighted by Gasteiger charge is -2.18. The molecule has 1 unspecified atom stereocenters. The summed E-state index contributed by atoms with van der Waals surface area (Å²) in [5, 5.41) is 3.48. The first kappa shape index (κ1) is 16.1. The van der Waals surface area contributed by atoms with Crippen molar-refractivity contribution in [1.29, 1.82) is 0 Å². The Balaban J connectivity index is 1.98. The van der Waals surface area contributed by atoms with Gasteiger partial charge >= 0.3 is 0 Å². The summed E-state index contributed by atoms with van der Waals surface area (Å²) in [6, 6.07) is 9.47. The minimum absolute atomic E-state index is 0.193. The maximum atomic E-state index is 13.5. The lowest BCUT2D eigenvalue weighted by atomic mass is 9.99. The van der Waals surface area contributed by atoms with Gasteiger partial charge in [0.15, 0.2) is 0 Å². The van der Waals surface area contributed by atoms with Crippen LogP contribution >= 0.6 is 15.9 Å². The standard InChI is InChI=1S/C17H20BrFN2/c1-2-21-17(6-5-13-4-3-7-20-12-13)10-14-8-15(18)11-16(19)9-14/h3-4,7-9,11-12,17,21H,2,5-6,10H2,1H3. The first-order valence-electron chi connectivity index (χ1n) is 7.24. The summed E-state index contributed by atoms with van der Waals surface area (Å²) < 4.78 is 14.2. The molecule has 1 aromatic heterocycles. The zero-order chi connectivity index (χ0) is 15.1. The van der Waals surface area contributed by atoms with E-state index in [2.05, 4.69) is 39.2 Å². The molecule has 1 heterocycles. The number of benzene rings is 1. The lowest BCUT2D eigenvalue weighted by molar-refractivity contribution is 0.489. The maximum absolute atomic E-state index is 13.5. The number of rotatable bonds is 7. The largest absolute Gasteiger partial charge is 0.314 e. The van der Waals surface area contributed by atoms with E-state index in [1.807, 2.05) is 18.3 Å². The number of hydrogen-bond acceptors (Lipinski definition) is 2. The fourth-order valence-electron chi connectivity index (χ4n) is 2.47. The third-order valence-corrected chi connectivity index (χ3v) is 3.86. The summed E-state index contributed by atoms with van der Waals surface area (Å²) in [6.07, 6.45) is 6.50. The Hall–Kier alpha value is -1.26. The molecule has 0 bridgehead atoms. The summed E-state index contributed by atoms with van der Waals surface area (Å²) in [4.78, 5) is 4.14. The molecule has 21 heavy (non-hydrogen) atoms. The topological polar surface area (TPSA) is 24.9 Å². The van der Waals surface area contributed by atoms with Crippen molar-refractivity contribution in [3.8, 4) is 0 Å². The molecule has 1 aromatic carbocycles. The van der Waals surface area contributed by atoms with E-state index in [1.165, 1.54) is 11.6 Å². The molecule has 0 aliphatic rings. The number of hydrogen-bond donors (Lipinski definition) is 1. The third-order valence-electron chi connectivity index (χ3n) is 3.40. The highest BCUT2D eigenvalue weighted by Gasteiger charge is 2.10. The molecule has 2 nitrogen and oxygen atoms in total. The van der Waals surface area contributed by atoms with Crippen LogP contribution in [0.15, 0.2) is 47.2 Å². The maximum Gasteiger partial charge on any atom is 0.124 e. The second-order valence-corrected chi connectivity index (χ2v) is 6.05. The molecular weight excluding hydrogens is 331 g/mol. The van der Waals surface area contributed by atoms with Gasteiger partial charge < -0.3 is 5.32 Å². The average Bonchev–Trinajstić information content (AvgIpc) is 2.45. The molecule has 2 rings (SSSR count). The Kier molecular flexibility index (Phi) is 6.33. The summed E-state index contributed by atoms with van der Waals surface area (Å²) in [6.45, 7) is 3.01. The van der Waals surface area contributed by atoms with Crippen LogP contribution in [0.3, 0.4) is 0 Å². The van der Waals surface area contributed by atoms with Gasteiger partial charge in [-0.3, -0.25) is 4.98 Å². The van der Waals surface area contributed by atoms with Crippen molar-refractivity contribution in [2.75, 3.05) is 6.54 Å². The number of likely N-dealkylation sites (N-methyl/N-ethyl adjacent to an activating group) is 1. The summed E-state index contributed by atoms with van der Waals surface area (Å²) >= 11 is 3.35. The third kappa shape index (κ3) is 5.56. The predicted octanol–water partition coefficient (Wildman–Crippen LogP) is 4.14. The monoisotopic (exact) mass is 350 g/mol. The number of nitrogens with zero attached hydrogens (tertiary/aromatic N) is 1. The van der Waals surface area contributed by atoms with Crippen molar-refractivity contribution in [2.45, 2.75) is 32.2 Å². The van der Waals surface area contributed by atoms with Gasteiger partial charge in [-0.2, -0.15) is 0 Å². The van der Waals surface area contributed by atoms with Crippen molar-refractivity contribution in [2.24, 2.45) is 0 Å². The second kappa shape index (κ2) is 8.25. The first-order valence-corrected chi connectivity index (χ1v) is 8.04. The molecular formula is C17H20BrFN2. The molecule has 2 aromatic rings. The van der Waals surface area contributed by atoms with Crippen LogP contribution in [0.5, 0.6) is 0 Å². The van der Waals surface area contributed by atoms with Crippen LogP contribution < -0.4 is 5.32 Å². The number of aryl methyl sites for hydroxylation is 1. The molecule has 1 atom stereocenters. The van der Waals surface area contributed by atoms with Crippen LogP contribution in [-0.4, -0.2) is 17.6 Å². The van der Waals surface area contributed by atoms with E-state index in [0.717, 1.165) is 35.8 Å². The van der Waals surface area contributed by atoms with E-state index >= 15 is 0 Å². The van der Waals surface area contributed by atoms with Gasteiger partial charge in [-0.25, -0.2) is 4.39 Å². The van der Waals surface area contributed by atoms with Crippen LogP contribution in [0.1, 0.15) is 24.5 Å². The Bertz CT molecular complexity index is 540. The van der Waals surface area contributed by atoms with Crippen LogP contribution in [0, 0.1) is 5.82 Å². The average molecular weight is 351 g/mol. The van der Waals surface area contributed by atoms with Gasteiger partial charge in [-0.1, -0.05) is 28.9 Å². The molecule has 0 aliphatic carbocycles. The summed E-state index contributed by atoms with van der Waals surface area (Å²) in [7, 11) is 0. The minimum atomic E-state index is -0.193. The van der Waals surface area contributed by atoms with E-state index in [4.69, 9.17) is 0 Å².